The second-order valence-electron chi connectivity index (χ2n) is 6.08. The maximum absolute atomic E-state index is 14.0. The predicted molar refractivity (Wildman–Crippen MR) is 93.0 cm³/mol. The van der Waals surface area contributed by atoms with Gasteiger partial charge in [-0.2, -0.15) is 0 Å². The topological polar surface area (TPSA) is 83.9 Å². The van der Waals surface area contributed by atoms with Gasteiger partial charge in [0.15, 0.2) is 17.0 Å². The Morgan fingerprint density at radius 3 is 2.81 bits per heavy atom. The number of nitrogens with zero attached hydrogens (tertiary/aromatic N) is 1. The Bertz CT molecular complexity index is 840. The Balaban J connectivity index is 2.00. The molecule has 26 heavy (non-hydrogen) atoms. The second kappa shape index (κ2) is 7.03. The van der Waals surface area contributed by atoms with E-state index in [-0.39, 0.29) is 18.7 Å². The minimum Gasteiger partial charge on any atom is -0.484 e. The number of amides is 1. The van der Waals surface area contributed by atoms with E-state index in [1.807, 2.05) is 6.92 Å². The molecule has 0 saturated heterocycles. The average molecular weight is 379 g/mol. The number of carboxylic acid groups (broad SMARTS) is 1. The number of hydrogen-bond donors (Lipinski definition) is 1. The van der Waals surface area contributed by atoms with Crippen molar-refractivity contribution in [1.29, 1.82) is 0 Å². The first-order valence-corrected chi connectivity index (χ1v) is 9.02. The molecule has 0 saturated carbocycles. The maximum atomic E-state index is 14.0. The Morgan fingerprint density at radius 2 is 2.15 bits per heavy atom. The molecule has 0 bridgehead atoms. The molecule has 0 spiro atoms. The van der Waals surface area contributed by atoms with E-state index in [4.69, 9.17) is 9.84 Å². The smallest absolute Gasteiger partial charge is 0.307 e. The zero-order valence-corrected chi connectivity index (χ0v) is 15.1. The second-order valence-corrected chi connectivity index (χ2v) is 7.13. The number of aliphatic carboxylic acids is 1. The molecule has 2 aliphatic rings. The summed E-state index contributed by atoms with van der Waals surface area (Å²) in [5.74, 6) is -2.11. The number of carboxylic acids is 1. The highest BCUT2D eigenvalue weighted by Crippen LogP contribution is 2.42. The van der Waals surface area contributed by atoms with Crippen molar-refractivity contribution in [3.63, 3.8) is 0 Å². The molecule has 1 aromatic heterocycles. The number of ketones is 1. The summed E-state index contributed by atoms with van der Waals surface area (Å²) < 4.78 is 19.4. The van der Waals surface area contributed by atoms with Crippen molar-refractivity contribution in [2.75, 3.05) is 6.61 Å². The summed E-state index contributed by atoms with van der Waals surface area (Å²) in [6, 6.07) is 2.65. The highest BCUT2D eigenvalue weighted by atomic mass is 32.1. The summed E-state index contributed by atoms with van der Waals surface area (Å²) in [4.78, 5) is 37.8. The number of allylic oxidation sites excluding steroid dienone is 2. The van der Waals surface area contributed by atoms with Gasteiger partial charge in [0.25, 0.3) is 5.91 Å². The molecule has 0 fully saturated rings. The number of halogens is 1. The van der Waals surface area contributed by atoms with E-state index in [0.717, 1.165) is 6.08 Å². The number of rotatable bonds is 5. The van der Waals surface area contributed by atoms with Gasteiger partial charge in [0.05, 0.1) is 23.9 Å². The number of thiophene rings is 1. The van der Waals surface area contributed by atoms with Crippen molar-refractivity contribution in [2.24, 2.45) is 0 Å². The van der Waals surface area contributed by atoms with E-state index in [1.165, 1.54) is 16.2 Å². The van der Waals surface area contributed by atoms with Crippen LogP contribution in [0.2, 0.25) is 0 Å². The predicted octanol–water partition coefficient (Wildman–Crippen LogP) is 2.96. The largest absolute Gasteiger partial charge is 0.484 e. The van der Waals surface area contributed by atoms with Crippen LogP contribution in [0, 0.1) is 0 Å². The molecule has 1 aromatic rings. The molecular formula is C18H18FNO5S. The lowest BCUT2D eigenvalue weighted by atomic mass is 9.88. The summed E-state index contributed by atoms with van der Waals surface area (Å²) in [7, 11) is 0. The van der Waals surface area contributed by atoms with E-state index in [9.17, 15) is 18.8 Å². The number of hydrogen-bond acceptors (Lipinski definition) is 5. The molecule has 2 unspecified atom stereocenters. The van der Waals surface area contributed by atoms with Crippen LogP contribution in [0.15, 0.2) is 35.1 Å². The van der Waals surface area contributed by atoms with Crippen LogP contribution in [-0.4, -0.2) is 46.5 Å². The standard InChI is InChI=1S/C18H18FNO5S/c1-3-25-17-5-4-15(26-17)18(24)20-9(2)10(7-16(22)23)11-6-14(21)12(19)8-13(11)20/h4-6,12-13H,3,7-8H2,1-2H3,(H,22,23). The minimum absolute atomic E-state index is 0.166. The lowest BCUT2D eigenvalue weighted by Gasteiger charge is -2.29. The van der Waals surface area contributed by atoms with Crippen molar-refractivity contribution in [2.45, 2.75) is 38.9 Å². The zero-order chi connectivity index (χ0) is 19.0. The monoisotopic (exact) mass is 379 g/mol. The molecule has 1 aliphatic heterocycles. The van der Waals surface area contributed by atoms with Gasteiger partial charge in [0.2, 0.25) is 0 Å². The van der Waals surface area contributed by atoms with Crippen molar-refractivity contribution in [3.8, 4) is 5.06 Å². The number of fused-ring (bicyclic) bond motifs is 1. The van der Waals surface area contributed by atoms with E-state index < -0.39 is 24.0 Å². The molecule has 3 rings (SSSR count). The summed E-state index contributed by atoms with van der Waals surface area (Å²) >= 11 is 1.18. The van der Waals surface area contributed by atoms with E-state index in [1.54, 1.807) is 19.1 Å². The van der Waals surface area contributed by atoms with E-state index in [2.05, 4.69) is 0 Å². The SMILES string of the molecule is CCOc1ccc(C(=O)N2C(C)=C(CC(=O)O)C3=CC(=O)C(F)CC32)s1. The van der Waals surface area contributed by atoms with Crippen molar-refractivity contribution in [1.82, 2.24) is 4.90 Å². The van der Waals surface area contributed by atoms with Crippen LogP contribution in [0.25, 0.3) is 0 Å². The fourth-order valence-corrected chi connectivity index (χ4v) is 4.20. The molecule has 1 amide bonds. The molecule has 1 aliphatic carbocycles. The quantitative estimate of drug-likeness (QED) is 0.850. The van der Waals surface area contributed by atoms with Gasteiger partial charge in [-0.05, 0) is 43.2 Å². The van der Waals surface area contributed by atoms with Gasteiger partial charge in [-0.3, -0.25) is 14.4 Å². The summed E-state index contributed by atoms with van der Waals surface area (Å²) in [6.45, 7) is 3.94. The third kappa shape index (κ3) is 3.16. The highest BCUT2D eigenvalue weighted by molar-refractivity contribution is 7.15. The van der Waals surface area contributed by atoms with Crippen molar-refractivity contribution >= 4 is 29.0 Å². The maximum Gasteiger partial charge on any atom is 0.307 e. The number of carbonyl (C=O) groups is 3. The van der Waals surface area contributed by atoms with Crippen molar-refractivity contribution < 1.29 is 28.6 Å². The van der Waals surface area contributed by atoms with Crippen LogP contribution in [-0.2, 0) is 9.59 Å². The molecule has 138 valence electrons. The Kier molecular flexibility index (Phi) is 4.95. The lowest BCUT2D eigenvalue weighted by Crippen LogP contribution is -2.40. The molecule has 2 heterocycles. The average Bonchev–Trinajstić information content (AvgIpc) is 3.13. The normalized spacial score (nSPS) is 22.3. The van der Waals surface area contributed by atoms with Crippen LogP contribution in [0.3, 0.4) is 0 Å². The summed E-state index contributed by atoms with van der Waals surface area (Å²) in [5.41, 5.74) is 1.28. The van der Waals surface area contributed by atoms with Crippen LogP contribution in [0.4, 0.5) is 4.39 Å². The molecule has 6 nitrogen and oxygen atoms in total. The Morgan fingerprint density at radius 1 is 1.42 bits per heavy atom. The summed E-state index contributed by atoms with van der Waals surface area (Å²) in [5, 5.41) is 9.76. The van der Waals surface area contributed by atoms with Crippen molar-refractivity contribution in [3.05, 3.63) is 39.9 Å². The van der Waals surface area contributed by atoms with Crippen LogP contribution >= 0.6 is 11.3 Å². The van der Waals surface area contributed by atoms with Gasteiger partial charge in [-0.25, -0.2) is 4.39 Å². The van der Waals surface area contributed by atoms with E-state index >= 15 is 0 Å². The lowest BCUT2D eigenvalue weighted by molar-refractivity contribution is -0.136. The first kappa shape index (κ1) is 18.3. The first-order valence-electron chi connectivity index (χ1n) is 8.21. The van der Waals surface area contributed by atoms with Gasteiger partial charge in [-0.15, -0.1) is 0 Å². The molecule has 2 atom stereocenters. The molecule has 8 heteroatoms. The number of carbonyl (C=O) groups excluding carboxylic acids is 2. The van der Waals surface area contributed by atoms with Gasteiger partial charge in [0, 0.05) is 12.1 Å². The molecule has 0 aromatic carbocycles. The molecule has 0 radical (unpaired) electrons. The van der Waals surface area contributed by atoms with E-state index in [0.29, 0.717) is 33.4 Å². The Hall–Kier alpha value is -2.48. The molecule has 1 N–H and O–H groups in total. The van der Waals surface area contributed by atoms with Gasteiger partial charge in [0.1, 0.15) is 0 Å². The minimum atomic E-state index is -1.70. The van der Waals surface area contributed by atoms with Gasteiger partial charge >= 0.3 is 5.97 Å². The third-order valence-corrected chi connectivity index (χ3v) is 5.47. The van der Waals surface area contributed by atoms with Crippen LogP contribution < -0.4 is 4.74 Å². The van der Waals surface area contributed by atoms with Gasteiger partial charge in [-0.1, -0.05) is 11.3 Å². The molecular weight excluding hydrogens is 361 g/mol. The summed E-state index contributed by atoms with van der Waals surface area (Å²) in [6.07, 6.45) is -1.04. The number of ether oxygens (including phenoxy) is 1. The zero-order valence-electron chi connectivity index (χ0n) is 14.3. The number of alkyl halides is 1. The van der Waals surface area contributed by atoms with Gasteiger partial charge < -0.3 is 14.7 Å². The first-order chi connectivity index (χ1) is 12.3. The fraction of sp³-hybridized carbons (Fsp3) is 0.389. The highest BCUT2D eigenvalue weighted by Gasteiger charge is 2.44. The van der Waals surface area contributed by atoms with Crippen LogP contribution in [0.5, 0.6) is 5.06 Å². The third-order valence-electron chi connectivity index (χ3n) is 4.48. The Labute approximate surface area is 153 Å². The van der Waals surface area contributed by atoms with Crippen LogP contribution in [0.1, 0.15) is 36.4 Å². The fourth-order valence-electron chi connectivity index (χ4n) is 3.35.